The lowest BCUT2D eigenvalue weighted by Gasteiger charge is -2.18. The van der Waals surface area contributed by atoms with Gasteiger partial charge in [-0.1, -0.05) is 32.1 Å². The minimum atomic E-state index is 0.0313. The number of methoxy groups -OCH3 is 2. The lowest BCUT2D eigenvalue weighted by molar-refractivity contribution is -0.112. The number of benzene rings is 1. The van der Waals surface area contributed by atoms with Crippen LogP contribution in [0.25, 0.3) is 5.57 Å². The molecule has 1 aliphatic heterocycles. The Morgan fingerprint density at radius 3 is 2.26 bits per heavy atom. The summed E-state index contributed by atoms with van der Waals surface area (Å²) in [6.45, 7) is 12.5. The van der Waals surface area contributed by atoms with Crippen molar-refractivity contribution in [2.75, 3.05) is 20.8 Å². The molecule has 0 atom stereocenters. The SMILES string of the molecule is C/C=C/C(C)=C/C(C)=O.COc1cc2c(cc1OC)C(C)=CC(C)(C)CO2. The number of allylic oxidation sites excluding steroid dienone is 5. The monoisotopic (exact) mass is 372 g/mol. The Labute approximate surface area is 163 Å². The van der Waals surface area contributed by atoms with Gasteiger partial charge in [0, 0.05) is 17.0 Å². The summed E-state index contributed by atoms with van der Waals surface area (Å²) in [4.78, 5) is 10.4. The summed E-state index contributed by atoms with van der Waals surface area (Å²) >= 11 is 0. The van der Waals surface area contributed by atoms with Crippen LogP contribution in [0.2, 0.25) is 0 Å². The van der Waals surface area contributed by atoms with E-state index < -0.39 is 0 Å². The average molecular weight is 373 g/mol. The van der Waals surface area contributed by atoms with E-state index in [1.54, 1.807) is 27.2 Å². The highest BCUT2D eigenvalue weighted by atomic mass is 16.5. The van der Waals surface area contributed by atoms with E-state index in [9.17, 15) is 4.79 Å². The van der Waals surface area contributed by atoms with Crippen LogP contribution >= 0.6 is 0 Å². The van der Waals surface area contributed by atoms with Crippen LogP contribution in [0, 0.1) is 5.41 Å². The van der Waals surface area contributed by atoms with Gasteiger partial charge in [-0.15, -0.1) is 0 Å². The van der Waals surface area contributed by atoms with Crippen molar-refractivity contribution in [1.29, 1.82) is 0 Å². The summed E-state index contributed by atoms with van der Waals surface area (Å²) in [5.41, 5.74) is 3.31. The number of hydrogen-bond donors (Lipinski definition) is 0. The number of carbonyl (C=O) groups excluding carboxylic acids is 1. The van der Waals surface area contributed by atoms with E-state index in [4.69, 9.17) is 14.2 Å². The molecule has 0 aromatic heterocycles. The molecule has 0 amide bonds. The first-order valence-electron chi connectivity index (χ1n) is 9.03. The van der Waals surface area contributed by atoms with Crippen molar-refractivity contribution in [3.8, 4) is 17.2 Å². The zero-order valence-corrected chi connectivity index (χ0v) is 17.8. The molecule has 1 aliphatic rings. The summed E-state index contributed by atoms with van der Waals surface area (Å²) in [5.74, 6) is 2.38. The van der Waals surface area contributed by atoms with Crippen LogP contribution in [-0.4, -0.2) is 26.6 Å². The predicted octanol–water partition coefficient (Wildman–Crippen LogP) is 5.62. The van der Waals surface area contributed by atoms with Crippen LogP contribution in [0.3, 0.4) is 0 Å². The van der Waals surface area contributed by atoms with E-state index in [0.717, 1.165) is 22.6 Å². The van der Waals surface area contributed by atoms with Crippen LogP contribution < -0.4 is 14.2 Å². The Bertz CT molecular complexity index is 752. The summed E-state index contributed by atoms with van der Waals surface area (Å²) in [6.07, 6.45) is 7.67. The van der Waals surface area contributed by atoms with Gasteiger partial charge in [0.2, 0.25) is 0 Å². The lowest BCUT2D eigenvalue weighted by atomic mass is 9.91. The maximum Gasteiger partial charge on any atom is 0.164 e. The molecule has 0 radical (unpaired) electrons. The van der Waals surface area contributed by atoms with Crippen molar-refractivity contribution < 1.29 is 19.0 Å². The van der Waals surface area contributed by atoms with Crippen molar-refractivity contribution in [2.24, 2.45) is 5.41 Å². The molecule has 0 unspecified atom stereocenters. The molecule has 2 rings (SSSR count). The Hall–Kier alpha value is -2.49. The molecule has 0 saturated heterocycles. The number of ketones is 1. The van der Waals surface area contributed by atoms with Gasteiger partial charge in [0.15, 0.2) is 17.3 Å². The van der Waals surface area contributed by atoms with Crippen LogP contribution in [0.1, 0.15) is 47.1 Å². The standard InChI is InChI=1S/C15H20O3.C8H12O/c1-10-8-15(2,3)9-18-12-7-14(17-5)13(16-4)6-11(10)12;1-4-5-7(2)6-8(3)9/h6-8H,9H2,1-5H3;4-6H,1-3H3/b;5-4+,7-6+. The lowest BCUT2D eigenvalue weighted by Crippen LogP contribution is -2.17. The van der Waals surface area contributed by atoms with Gasteiger partial charge in [0.25, 0.3) is 0 Å². The molecule has 4 heteroatoms. The van der Waals surface area contributed by atoms with Gasteiger partial charge in [-0.25, -0.2) is 0 Å². The van der Waals surface area contributed by atoms with Gasteiger partial charge < -0.3 is 14.2 Å². The van der Waals surface area contributed by atoms with Gasteiger partial charge in [-0.2, -0.15) is 0 Å². The first kappa shape index (κ1) is 22.6. The van der Waals surface area contributed by atoms with Crippen molar-refractivity contribution in [2.45, 2.75) is 41.5 Å². The van der Waals surface area contributed by atoms with E-state index in [-0.39, 0.29) is 11.2 Å². The minimum absolute atomic E-state index is 0.0313. The zero-order chi connectivity index (χ0) is 20.6. The molecule has 0 spiro atoms. The molecule has 1 aromatic carbocycles. The predicted molar refractivity (Wildman–Crippen MR) is 112 cm³/mol. The Balaban J connectivity index is 0.000000345. The molecule has 4 nitrogen and oxygen atoms in total. The van der Waals surface area contributed by atoms with Crippen LogP contribution in [-0.2, 0) is 4.79 Å². The molecule has 0 aliphatic carbocycles. The van der Waals surface area contributed by atoms with Crippen molar-refractivity contribution >= 4 is 11.4 Å². The third-order valence-corrected chi connectivity index (χ3v) is 3.98. The fourth-order valence-corrected chi connectivity index (χ4v) is 2.89. The number of fused-ring (bicyclic) bond motifs is 1. The second kappa shape index (κ2) is 10.0. The number of rotatable bonds is 4. The van der Waals surface area contributed by atoms with Gasteiger partial charge in [-0.05, 0) is 51.0 Å². The average Bonchev–Trinajstić information content (AvgIpc) is 2.69. The second-order valence-electron chi connectivity index (χ2n) is 7.31. The van der Waals surface area contributed by atoms with Crippen molar-refractivity contribution in [3.05, 3.63) is 47.6 Å². The molecule has 0 bridgehead atoms. The van der Waals surface area contributed by atoms with Crippen molar-refractivity contribution in [1.82, 2.24) is 0 Å². The van der Waals surface area contributed by atoms with Gasteiger partial charge in [-0.3, -0.25) is 4.79 Å². The minimum Gasteiger partial charge on any atom is -0.493 e. The second-order valence-corrected chi connectivity index (χ2v) is 7.31. The van der Waals surface area contributed by atoms with Crippen LogP contribution in [0.15, 0.2) is 42.0 Å². The molecule has 0 fully saturated rings. The Morgan fingerprint density at radius 1 is 1.15 bits per heavy atom. The number of carbonyl (C=O) groups is 1. The van der Waals surface area contributed by atoms with E-state index in [2.05, 4.69) is 26.8 Å². The number of hydrogen-bond acceptors (Lipinski definition) is 4. The van der Waals surface area contributed by atoms with E-state index in [0.29, 0.717) is 12.4 Å². The molecule has 1 heterocycles. The van der Waals surface area contributed by atoms with E-state index >= 15 is 0 Å². The van der Waals surface area contributed by atoms with E-state index in [1.807, 2.05) is 38.1 Å². The van der Waals surface area contributed by atoms with Gasteiger partial charge in [0.1, 0.15) is 5.75 Å². The summed E-state index contributed by atoms with van der Waals surface area (Å²) < 4.78 is 16.5. The van der Waals surface area contributed by atoms with Crippen molar-refractivity contribution in [3.63, 3.8) is 0 Å². The normalized spacial score (nSPS) is 15.6. The molecule has 27 heavy (non-hydrogen) atoms. The Morgan fingerprint density at radius 2 is 1.74 bits per heavy atom. The number of ether oxygens (including phenoxy) is 3. The highest BCUT2D eigenvalue weighted by Gasteiger charge is 2.23. The first-order valence-corrected chi connectivity index (χ1v) is 9.03. The smallest absolute Gasteiger partial charge is 0.164 e. The quantitative estimate of drug-likeness (QED) is 0.508. The highest BCUT2D eigenvalue weighted by Crippen LogP contribution is 2.41. The van der Waals surface area contributed by atoms with Gasteiger partial charge >= 0.3 is 0 Å². The van der Waals surface area contributed by atoms with Gasteiger partial charge in [0.05, 0.1) is 20.8 Å². The summed E-state index contributed by atoms with van der Waals surface area (Å²) in [7, 11) is 3.28. The molecule has 1 aromatic rings. The largest absolute Gasteiger partial charge is 0.493 e. The Kier molecular flexibility index (Phi) is 8.35. The highest BCUT2D eigenvalue weighted by molar-refractivity contribution is 5.88. The van der Waals surface area contributed by atoms with Crippen LogP contribution in [0.4, 0.5) is 0 Å². The fraction of sp³-hybridized carbons (Fsp3) is 0.435. The van der Waals surface area contributed by atoms with Crippen LogP contribution in [0.5, 0.6) is 17.2 Å². The summed E-state index contributed by atoms with van der Waals surface area (Å²) in [6, 6.07) is 3.87. The molecule has 0 N–H and O–H groups in total. The summed E-state index contributed by atoms with van der Waals surface area (Å²) in [5, 5.41) is 0. The zero-order valence-electron chi connectivity index (χ0n) is 17.8. The third-order valence-electron chi connectivity index (χ3n) is 3.98. The molecule has 148 valence electrons. The topological polar surface area (TPSA) is 44.8 Å². The maximum atomic E-state index is 10.4. The fourth-order valence-electron chi connectivity index (χ4n) is 2.89. The molecule has 0 saturated carbocycles. The molecular formula is C23H32O4. The first-order chi connectivity index (χ1) is 12.6. The molecular weight excluding hydrogens is 340 g/mol. The van der Waals surface area contributed by atoms with E-state index in [1.165, 1.54) is 5.57 Å². The maximum absolute atomic E-state index is 10.4. The third kappa shape index (κ3) is 6.97.